The van der Waals surface area contributed by atoms with E-state index in [0.717, 1.165) is 29.0 Å². The van der Waals surface area contributed by atoms with Gasteiger partial charge >= 0.3 is 11.9 Å². The van der Waals surface area contributed by atoms with E-state index in [1.165, 1.54) is 11.3 Å². The Labute approximate surface area is 240 Å². The second-order valence-corrected chi connectivity index (χ2v) is 10.7. The molecule has 0 aliphatic carbocycles. The Morgan fingerprint density at radius 1 is 0.900 bits per heavy atom. The quantitative estimate of drug-likeness (QED) is 0.157. The summed E-state index contributed by atoms with van der Waals surface area (Å²) in [5.74, 6) is -0.621. The first-order chi connectivity index (χ1) is 19.4. The van der Waals surface area contributed by atoms with E-state index in [2.05, 4.69) is 36.5 Å². The molecular weight excluding hydrogens is 522 g/mol. The second kappa shape index (κ2) is 13.5. The van der Waals surface area contributed by atoms with E-state index >= 15 is 0 Å². The van der Waals surface area contributed by atoms with Crippen LogP contribution in [-0.4, -0.2) is 40.7 Å². The fourth-order valence-electron chi connectivity index (χ4n) is 4.84. The molecule has 0 fully saturated rings. The molecule has 4 rings (SSSR count). The highest BCUT2D eigenvalue weighted by molar-refractivity contribution is 7.99. The molecule has 1 aliphatic rings. The average Bonchev–Trinajstić information content (AvgIpc) is 3.39. The van der Waals surface area contributed by atoms with Gasteiger partial charge < -0.3 is 14.8 Å². The van der Waals surface area contributed by atoms with Gasteiger partial charge in [-0.3, -0.25) is 0 Å². The maximum absolute atomic E-state index is 13.4. The molecule has 8 heteroatoms. The van der Waals surface area contributed by atoms with Crippen molar-refractivity contribution >= 4 is 23.7 Å². The molecule has 7 nitrogen and oxygen atoms in total. The molecule has 2 heterocycles. The van der Waals surface area contributed by atoms with E-state index in [1.807, 2.05) is 62.1 Å². The van der Waals surface area contributed by atoms with E-state index in [0.29, 0.717) is 28.2 Å². The first kappa shape index (κ1) is 29.2. The fourth-order valence-corrected chi connectivity index (χ4v) is 5.84. The number of aromatic nitrogens is 2. The van der Waals surface area contributed by atoms with Crippen LogP contribution in [0.25, 0.3) is 16.9 Å². The van der Waals surface area contributed by atoms with Gasteiger partial charge in [0, 0.05) is 33.6 Å². The number of benzene rings is 2. The van der Waals surface area contributed by atoms with Crippen molar-refractivity contribution in [3.05, 3.63) is 88.9 Å². The number of nitrogens with zero attached hydrogens (tertiary/aromatic N) is 2. The van der Waals surface area contributed by atoms with Crippen LogP contribution in [0.5, 0.6) is 0 Å². The van der Waals surface area contributed by atoms with E-state index in [9.17, 15) is 9.59 Å². The molecule has 0 amide bonds. The summed E-state index contributed by atoms with van der Waals surface area (Å²) >= 11 is 1.83. The number of dihydropyridines is 1. The maximum atomic E-state index is 13.4. The number of hydrogen-bond donors (Lipinski definition) is 1. The Hall–Kier alpha value is -3.78. The lowest BCUT2D eigenvalue weighted by atomic mass is 9.79. The molecule has 1 aliphatic heterocycles. The van der Waals surface area contributed by atoms with Gasteiger partial charge in [-0.15, -0.1) is 11.8 Å². The van der Waals surface area contributed by atoms with Crippen LogP contribution in [-0.2, 0) is 19.1 Å². The number of hydrogen-bond acceptors (Lipinski definition) is 7. The predicted molar refractivity (Wildman–Crippen MR) is 159 cm³/mol. The molecule has 0 bridgehead atoms. The van der Waals surface area contributed by atoms with E-state index < -0.39 is 17.9 Å². The van der Waals surface area contributed by atoms with Crippen LogP contribution in [0.3, 0.4) is 0 Å². The van der Waals surface area contributed by atoms with Gasteiger partial charge in [0.05, 0.1) is 41.7 Å². The molecule has 0 saturated carbocycles. The Bertz CT molecular complexity index is 1370. The van der Waals surface area contributed by atoms with Crippen molar-refractivity contribution in [1.82, 2.24) is 15.1 Å². The largest absolute Gasteiger partial charge is 0.463 e. The van der Waals surface area contributed by atoms with Crippen molar-refractivity contribution in [2.75, 3.05) is 19.0 Å². The highest BCUT2D eigenvalue weighted by Crippen LogP contribution is 2.43. The van der Waals surface area contributed by atoms with Crippen LogP contribution in [0.2, 0.25) is 0 Å². The van der Waals surface area contributed by atoms with Crippen LogP contribution < -0.4 is 5.32 Å². The van der Waals surface area contributed by atoms with E-state index in [4.69, 9.17) is 14.6 Å². The SMILES string of the molecule is CCCCSc1ccc(-c2nn(-c3ccccc3)cc2C2C(C(=O)OCC)=C(C)NC(C)=C2C(=O)OCC)cc1. The Balaban J connectivity index is 1.92. The predicted octanol–water partition coefficient (Wildman–Crippen LogP) is 6.79. The first-order valence-corrected chi connectivity index (χ1v) is 14.8. The molecule has 0 radical (unpaired) electrons. The molecule has 210 valence electrons. The van der Waals surface area contributed by atoms with Crippen LogP contribution in [0, 0.1) is 0 Å². The van der Waals surface area contributed by atoms with Crippen LogP contribution >= 0.6 is 11.8 Å². The first-order valence-electron chi connectivity index (χ1n) is 13.8. The normalized spacial score (nSPS) is 13.8. The third-order valence-electron chi connectivity index (χ3n) is 6.72. The molecule has 0 spiro atoms. The van der Waals surface area contributed by atoms with Crippen molar-refractivity contribution in [3.63, 3.8) is 0 Å². The van der Waals surface area contributed by atoms with Crippen LogP contribution in [0.1, 0.15) is 58.9 Å². The van der Waals surface area contributed by atoms with Gasteiger partial charge in [-0.2, -0.15) is 5.10 Å². The topological polar surface area (TPSA) is 82.5 Å². The summed E-state index contributed by atoms with van der Waals surface area (Å²) < 4.78 is 12.8. The van der Waals surface area contributed by atoms with Crippen molar-refractivity contribution in [3.8, 4) is 16.9 Å². The number of thioether (sulfide) groups is 1. The Morgan fingerprint density at radius 2 is 1.50 bits per heavy atom. The monoisotopic (exact) mass is 559 g/mol. The minimum Gasteiger partial charge on any atom is -0.463 e. The number of ether oxygens (including phenoxy) is 2. The smallest absolute Gasteiger partial charge is 0.336 e. The number of carbonyl (C=O) groups is 2. The number of allylic oxidation sites excluding steroid dienone is 2. The molecule has 3 aromatic rings. The lowest BCUT2D eigenvalue weighted by molar-refractivity contribution is -0.139. The molecule has 40 heavy (non-hydrogen) atoms. The number of carbonyl (C=O) groups excluding carboxylic acids is 2. The molecule has 0 atom stereocenters. The van der Waals surface area contributed by atoms with Gasteiger partial charge in [-0.05, 0) is 64.1 Å². The van der Waals surface area contributed by atoms with Gasteiger partial charge in [-0.25, -0.2) is 14.3 Å². The summed E-state index contributed by atoms with van der Waals surface area (Å²) in [5.41, 5.74) is 5.18. The number of unbranched alkanes of at least 4 members (excludes halogenated alkanes) is 1. The van der Waals surface area contributed by atoms with Gasteiger partial charge in [0.2, 0.25) is 0 Å². The van der Waals surface area contributed by atoms with E-state index in [1.54, 1.807) is 18.5 Å². The maximum Gasteiger partial charge on any atom is 0.336 e. The highest BCUT2D eigenvalue weighted by Gasteiger charge is 2.40. The highest BCUT2D eigenvalue weighted by atomic mass is 32.2. The number of rotatable bonds is 11. The Kier molecular flexibility index (Phi) is 9.88. The number of nitrogens with one attached hydrogen (secondary N) is 1. The standard InChI is InChI=1S/C32H37N3O4S/c1-6-9-19-40-25-17-15-23(16-18-25)30-26(20-35(34-30)24-13-11-10-12-14-24)29-27(31(36)38-7-2)21(4)33-22(5)28(29)32(37)39-8-3/h10-18,20,29,33H,6-9,19H2,1-5H3. The summed E-state index contributed by atoms with van der Waals surface area (Å²) in [5, 5.41) is 8.22. The zero-order valence-electron chi connectivity index (χ0n) is 23.8. The number of esters is 2. The van der Waals surface area contributed by atoms with Gasteiger partial charge in [0.15, 0.2) is 0 Å². The third kappa shape index (κ3) is 6.33. The Morgan fingerprint density at radius 3 is 2.05 bits per heavy atom. The lowest BCUT2D eigenvalue weighted by Gasteiger charge is -2.30. The molecule has 1 N–H and O–H groups in total. The van der Waals surface area contributed by atoms with Crippen molar-refractivity contribution in [2.45, 2.75) is 58.3 Å². The molecule has 2 aromatic carbocycles. The summed E-state index contributed by atoms with van der Waals surface area (Å²) in [4.78, 5) is 28.0. The van der Waals surface area contributed by atoms with Crippen molar-refractivity contribution in [1.29, 1.82) is 0 Å². The molecule has 0 saturated heterocycles. The van der Waals surface area contributed by atoms with Gasteiger partial charge in [-0.1, -0.05) is 43.7 Å². The summed E-state index contributed by atoms with van der Waals surface area (Å²) in [6.45, 7) is 9.82. The van der Waals surface area contributed by atoms with E-state index in [-0.39, 0.29) is 13.2 Å². The van der Waals surface area contributed by atoms with Crippen LogP contribution in [0.15, 0.2) is 88.2 Å². The molecular formula is C32H37N3O4S. The average molecular weight is 560 g/mol. The number of para-hydroxylation sites is 1. The van der Waals surface area contributed by atoms with Gasteiger partial charge in [0.1, 0.15) is 0 Å². The minimum atomic E-state index is -0.731. The lowest BCUT2D eigenvalue weighted by Crippen LogP contribution is -2.32. The summed E-state index contributed by atoms with van der Waals surface area (Å²) in [6, 6.07) is 18.1. The second-order valence-electron chi connectivity index (χ2n) is 9.52. The minimum absolute atomic E-state index is 0.215. The summed E-state index contributed by atoms with van der Waals surface area (Å²) in [6.07, 6.45) is 4.23. The summed E-state index contributed by atoms with van der Waals surface area (Å²) in [7, 11) is 0. The van der Waals surface area contributed by atoms with Gasteiger partial charge in [0.25, 0.3) is 0 Å². The molecule has 1 aromatic heterocycles. The zero-order valence-corrected chi connectivity index (χ0v) is 24.6. The fraction of sp³-hybridized carbons (Fsp3) is 0.344. The third-order valence-corrected chi connectivity index (χ3v) is 7.82. The zero-order chi connectivity index (χ0) is 28.6. The van der Waals surface area contributed by atoms with Crippen molar-refractivity contribution in [2.24, 2.45) is 0 Å². The van der Waals surface area contributed by atoms with Crippen LogP contribution in [0.4, 0.5) is 0 Å². The molecule has 0 unspecified atom stereocenters. The van der Waals surface area contributed by atoms with Crippen molar-refractivity contribution < 1.29 is 19.1 Å².